The molecule has 1 spiro atoms. The Hall–Kier alpha value is -1.46. The van der Waals surface area contributed by atoms with Gasteiger partial charge in [0.1, 0.15) is 5.82 Å². The van der Waals surface area contributed by atoms with Gasteiger partial charge in [-0.15, -0.1) is 0 Å². The molecular weight excluding hydrogens is 278 g/mol. The van der Waals surface area contributed by atoms with Crippen LogP contribution in [0.4, 0.5) is 5.82 Å². The summed E-state index contributed by atoms with van der Waals surface area (Å²) in [5.41, 5.74) is -0.0266. The Balaban J connectivity index is 1.58. The van der Waals surface area contributed by atoms with Crippen molar-refractivity contribution in [2.24, 2.45) is 0 Å². The molecule has 1 aliphatic carbocycles. The van der Waals surface area contributed by atoms with E-state index in [1.165, 1.54) is 19.3 Å². The second kappa shape index (κ2) is 6.75. The molecule has 5 nitrogen and oxygen atoms in total. The molecule has 1 aromatic heterocycles. The van der Waals surface area contributed by atoms with Crippen molar-refractivity contribution in [2.45, 2.75) is 50.7 Å². The van der Waals surface area contributed by atoms with Crippen molar-refractivity contribution in [1.29, 1.82) is 0 Å². The van der Waals surface area contributed by atoms with Crippen LogP contribution in [0.2, 0.25) is 0 Å². The molecule has 120 valence electrons. The van der Waals surface area contributed by atoms with Gasteiger partial charge in [0.15, 0.2) is 0 Å². The molecule has 2 fully saturated rings. The molecule has 1 saturated heterocycles. The largest absolute Gasteiger partial charge is 0.369 e. The summed E-state index contributed by atoms with van der Waals surface area (Å²) in [5.74, 6) is 0.611. The highest BCUT2D eigenvalue weighted by Crippen LogP contribution is 2.35. The molecular formula is C17H25N3O2. The van der Waals surface area contributed by atoms with E-state index in [0.717, 1.165) is 25.9 Å². The number of ether oxygens (including phenoxy) is 1. The molecule has 1 aliphatic heterocycles. The van der Waals surface area contributed by atoms with E-state index in [1.54, 1.807) is 6.20 Å². The lowest BCUT2D eigenvalue weighted by atomic mass is 9.83. The van der Waals surface area contributed by atoms with Crippen LogP contribution in [0, 0.1) is 0 Å². The van der Waals surface area contributed by atoms with Gasteiger partial charge >= 0.3 is 0 Å². The van der Waals surface area contributed by atoms with Crippen LogP contribution in [0.25, 0.3) is 0 Å². The van der Waals surface area contributed by atoms with E-state index in [4.69, 9.17) is 4.74 Å². The Bertz CT molecular complexity index is 500. The van der Waals surface area contributed by atoms with E-state index < -0.39 is 0 Å². The molecule has 0 bridgehead atoms. The molecule has 1 N–H and O–H groups in total. The van der Waals surface area contributed by atoms with Crippen molar-refractivity contribution in [3.05, 3.63) is 24.4 Å². The number of carbonyl (C=O) groups is 1. The monoisotopic (exact) mass is 303 g/mol. The van der Waals surface area contributed by atoms with Crippen molar-refractivity contribution < 1.29 is 9.53 Å². The van der Waals surface area contributed by atoms with Gasteiger partial charge in [-0.1, -0.05) is 25.3 Å². The zero-order chi connectivity index (χ0) is 15.4. The van der Waals surface area contributed by atoms with Gasteiger partial charge in [0.25, 0.3) is 0 Å². The fraction of sp³-hybridized carbons (Fsp3) is 0.647. The van der Waals surface area contributed by atoms with E-state index in [0.29, 0.717) is 12.4 Å². The Kier molecular flexibility index (Phi) is 4.74. The highest BCUT2D eigenvalue weighted by atomic mass is 16.5. The van der Waals surface area contributed by atoms with Crippen molar-refractivity contribution >= 4 is 11.7 Å². The maximum atomic E-state index is 12.2. The summed E-state index contributed by atoms with van der Waals surface area (Å²) in [6.07, 6.45) is 7.89. The third kappa shape index (κ3) is 3.84. The summed E-state index contributed by atoms with van der Waals surface area (Å²) < 4.78 is 6.26. The summed E-state index contributed by atoms with van der Waals surface area (Å²) >= 11 is 0. The van der Waals surface area contributed by atoms with Gasteiger partial charge in [0, 0.05) is 19.3 Å². The first-order valence-electron chi connectivity index (χ1n) is 8.26. The Morgan fingerprint density at radius 1 is 1.41 bits per heavy atom. The average Bonchev–Trinajstić information content (AvgIpc) is 2.47. The number of pyridine rings is 1. The molecule has 2 heterocycles. The summed E-state index contributed by atoms with van der Waals surface area (Å²) in [6, 6.07) is 5.52. The van der Waals surface area contributed by atoms with Crippen LogP contribution in [0.3, 0.4) is 0 Å². The van der Waals surface area contributed by atoms with E-state index in [-0.39, 0.29) is 17.6 Å². The fourth-order valence-corrected chi connectivity index (χ4v) is 3.75. The van der Waals surface area contributed by atoms with Gasteiger partial charge < -0.3 is 10.1 Å². The minimum Gasteiger partial charge on any atom is -0.369 e. The van der Waals surface area contributed by atoms with Gasteiger partial charge in [0.2, 0.25) is 5.91 Å². The topological polar surface area (TPSA) is 54.5 Å². The highest BCUT2D eigenvalue weighted by Gasteiger charge is 2.40. The predicted molar refractivity (Wildman–Crippen MR) is 85.7 cm³/mol. The average molecular weight is 303 g/mol. The van der Waals surface area contributed by atoms with Crippen LogP contribution >= 0.6 is 0 Å². The van der Waals surface area contributed by atoms with Gasteiger partial charge in [0.05, 0.1) is 18.2 Å². The van der Waals surface area contributed by atoms with Crippen LogP contribution < -0.4 is 5.32 Å². The summed E-state index contributed by atoms with van der Waals surface area (Å²) in [4.78, 5) is 18.6. The van der Waals surface area contributed by atoms with Crippen LogP contribution in [0.1, 0.15) is 39.0 Å². The minimum absolute atomic E-state index is 0.00115. The Morgan fingerprint density at radius 3 is 2.95 bits per heavy atom. The molecule has 1 atom stereocenters. The number of hydrogen-bond acceptors (Lipinski definition) is 4. The molecule has 2 aliphatic rings. The Labute approximate surface area is 132 Å². The lowest BCUT2D eigenvalue weighted by Gasteiger charge is -2.47. The lowest BCUT2D eigenvalue weighted by molar-refractivity contribution is -0.164. The molecule has 3 rings (SSSR count). The summed E-state index contributed by atoms with van der Waals surface area (Å²) in [6.45, 7) is 4.20. The smallest absolute Gasteiger partial charge is 0.239 e. The number of anilines is 1. The molecule has 22 heavy (non-hydrogen) atoms. The number of morpholine rings is 1. The Morgan fingerprint density at radius 2 is 2.23 bits per heavy atom. The quantitative estimate of drug-likeness (QED) is 0.932. The van der Waals surface area contributed by atoms with Gasteiger partial charge in [-0.25, -0.2) is 4.98 Å². The number of nitrogens with zero attached hydrogens (tertiary/aromatic N) is 2. The third-order valence-corrected chi connectivity index (χ3v) is 4.54. The maximum absolute atomic E-state index is 12.2. The van der Waals surface area contributed by atoms with E-state index in [9.17, 15) is 4.79 Å². The maximum Gasteiger partial charge on any atom is 0.239 e. The van der Waals surface area contributed by atoms with Crippen LogP contribution in [0.5, 0.6) is 0 Å². The van der Waals surface area contributed by atoms with Crippen LogP contribution in [0.15, 0.2) is 24.4 Å². The second-order valence-electron chi connectivity index (χ2n) is 6.60. The van der Waals surface area contributed by atoms with Gasteiger partial charge in [-0.3, -0.25) is 9.69 Å². The van der Waals surface area contributed by atoms with Crippen molar-refractivity contribution in [2.75, 3.05) is 25.0 Å². The lowest BCUT2D eigenvalue weighted by Crippen LogP contribution is -2.57. The highest BCUT2D eigenvalue weighted by molar-refractivity contribution is 5.91. The molecule has 1 saturated carbocycles. The predicted octanol–water partition coefficient (Wildman–Crippen LogP) is 2.44. The van der Waals surface area contributed by atoms with Crippen LogP contribution in [-0.4, -0.2) is 47.1 Å². The van der Waals surface area contributed by atoms with Gasteiger partial charge in [-0.2, -0.15) is 0 Å². The van der Waals surface area contributed by atoms with E-state index in [1.807, 2.05) is 18.2 Å². The van der Waals surface area contributed by atoms with Crippen molar-refractivity contribution in [3.8, 4) is 0 Å². The number of hydrogen-bond donors (Lipinski definition) is 1. The summed E-state index contributed by atoms with van der Waals surface area (Å²) in [7, 11) is 0. The fourth-order valence-electron chi connectivity index (χ4n) is 3.75. The number of nitrogens with one attached hydrogen (secondary N) is 1. The summed E-state index contributed by atoms with van der Waals surface area (Å²) in [5, 5.41) is 2.86. The SMILES string of the molecule is CC1CN(CC(=O)Nc2ccccn2)CC2(CCCCC2)O1. The number of rotatable bonds is 3. The first-order valence-corrected chi connectivity index (χ1v) is 8.26. The molecule has 1 amide bonds. The second-order valence-corrected chi connectivity index (χ2v) is 6.60. The van der Waals surface area contributed by atoms with Crippen LogP contribution in [-0.2, 0) is 9.53 Å². The zero-order valence-electron chi connectivity index (χ0n) is 13.3. The van der Waals surface area contributed by atoms with Gasteiger partial charge in [-0.05, 0) is 31.9 Å². The van der Waals surface area contributed by atoms with E-state index >= 15 is 0 Å². The molecule has 0 radical (unpaired) electrons. The molecule has 0 aromatic carbocycles. The van der Waals surface area contributed by atoms with E-state index in [2.05, 4.69) is 22.1 Å². The first-order chi connectivity index (χ1) is 10.7. The van der Waals surface area contributed by atoms with Crippen molar-refractivity contribution in [1.82, 2.24) is 9.88 Å². The molecule has 1 aromatic rings. The number of amides is 1. The normalized spacial score (nSPS) is 25.0. The molecule has 1 unspecified atom stereocenters. The number of carbonyl (C=O) groups excluding carboxylic acids is 1. The zero-order valence-corrected chi connectivity index (χ0v) is 13.3. The first kappa shape index (κ1) is 15.4. The number of aromatic nitrogens is 1. The molecule has 5 heteroatoms. The minimum atomic E-state index is -0.0266. The van der Waals surface area contributed by atoms with Crippen molar-refractivity contribution in [3.63, 3.8) is 0 Å². The third-order valence-electron chi connectivity index (χ3n) is 4.54. The standard InChI is InChI=1S/C17H25N3O2/c1-14-11-20(13-17(22-14)8-4-2-5-9-17)12-16(21)19-15-7-3-6-10-18-15/h3,6-7,10,14H,2,4-5,8-9,11-13H2,1H3,(H,18,19,21).